The molecular formula is C15H23N5S. The third-order valence-electron chi connectivity index (χ3n) is 4.26. The molecule has 2 heterocycles. The van der Waals surface area contributed by atoms with Crippen LogP contribution >= 0.6 is 11.8 Å². The predicted octanol–water partition coefficient (Wildman–Crippen LogP) is 2.52. The molecule has 0 saturated heterocycles. The molecule has 0 amide bonds. The SMILES string of the molecule is CC(C#N)(CCSc1nnc2n1CCCCC2)NC1CC1. The maximum absolute atomic E-state index is 9.39. The molecule has 5 nitrogen and oxygen atoms in total. The summed E-state index contributed by atoms with van der Waals surface area (Å²) in [5, 5.41) is 22.5. The van der Waals surface area contributed by atoms with E-state index in [-0.39, 0.29) is 0 Å². The molecule has 3 rings (SSSR count). The molecule has 2 aliphatic rings. The first-order valence-corrected chi connectivity index (χ1v) is 8.92. The summed E-state index contributed by atoms with van der Waals surface area (Å²) in [5.41, 5.74) is -0.407. The van der Waals surface area contributed by atoms with Gasteiger partial charge in [-0.1, -0.05) is 18.2 Å². The Morgan fingerprint density at radius 1 is 1.38 bits per heavy atom. The molecule has 114 valence electrons. The van der Waals surface area contributed by atoms with Crippen LogP contribution < -0.4 is 5.32 Å². The van der Waals surface area contributed by atoms with Crippen molar-refractivity contribution in [2.45, 2.75) is 75.2 Å². The van der Waals surface area contributed by atoms with Gasteiger partial charge in [0.05, 0.1) is 6.07 Å². The van der Waals surface area contributed by atoms with E-state index in [2.05, 4.69) is 26.2 Å². The molecule has 1 fully saturated rings. The summed E-state index contributed by atoms with van der Waals surface area (Å²) in [6.07, 6.45) is 8.04. The molecule has 1 aliphatic heterocycles. The quantitative estimate of drug-likeness (QED) is 0.818. The van der Waals surface area contributed by atoms with E-state index in [9.17, 15) is 5.26 Å². The lowest BCUT2D eigenvalue weighted by Gasteiger charge is -2.22. The van der Waals surface area contributed by atoms with Crippen molar-refractivity contribution in [1.29, 1.82) is 5.26 Å². The zero-order valence-corrected chi connectivity index (χ0v) is 13.5. The Labute approximate surface area is 130 Å². The van der Waals surface area contributed by atoms with Gasteiger partial charge in [0.1, 0.15) is 11.4 Å². The molecule has 21 heavy (non-hydrogen) atoms. The molecule has 6 heteroatoms. The second-order valence-corrected chi connectivity index (χ2v) is 7.38. The average molecular weight is 305 g/mol. The number of nitrogens with one attached hydrogen (secondary N) is 1. The number of aryl methyl sites for hydroxylation is 1. The number of nitriles is 1. The van der Waals surface area contributed by atoms with Crippen molar-refractivity contribution in [3.05, 3.63) is 5.82 Å². The molecule has 0 spiro atoms. The molecule has 0 aromatic carbocycles. The van der Waals surface area contributed by atoms with E-state index < -0.39 is 5.54 Å². The van der Waals surface area contributed by atoms with E-state index in [1.807, 2.05) is 6.92 Å². The lowest BCUT2D eigenvalue weighted by Crippen LogP contribution is -2.42. The maximum Gasteiger partial charge on any atom is 0.191 e. The Kier molecular flexibility index (Phi) is 4.51. The monoisotopic (exact) mass is 305 g/mol. The third-order valence-corrected chi connectivity index (χ3v) is 5.22. The molecule has 1 aliphatic carbocycles. The molecule has 1 unspecified atom stereocenters. The van der Waals surface area contributed by atoms with E-state index >= 15 is 0 Å². The van der Waals surface area contributed by atoms with E-state index in [1.165, 1.54) is 32.1 Å². The number of nitrogens with zero attached hydrogens (tertiary/aromatic N) is 4. The van der Waals surface area contributed by atoms with E-state index in [1.54, 1.807) is 11.8 Å². The van der Waals surface area contributed by atoms with Crippen LogP contribution in [0, 0.1) is 11.3 Å². The van der Waals surface area contributed by atoms with Crippen molar-refractivity contribution < 1.29 is 0 Å². The van der Waals surface area contributed by atoms with Crippen molar-refractivity contribution in [2.75, 3.05) is 5.75 Å². The highest BCUT2D eigenvalue weighted by atomic mass is 32.2. The summed E-state index contributed by atoms with van der Waals surface area (Å²) in [6.45, 7) is 3.05. The first kappa shape index (κ1) is 14.9. The minimum atomic E-state index is -0.407. The van der Waals surface area contributed by atoms with Gasteiger partial charge in [0.2, 0.25) is 0 Å². The Morgan fingerprint density at radius 2 is 2.24 bits per heavy atom. The first-order valence-electron chi connectivity index (χ1n) is 7.94. The van der Waals surface area contributed by atoms with Crippen LogP contribution in [0.25, 0.3) is 0 Å². The molecule has 0 radical (unpaired) electrons. The van der Waals surface area contributed by atoms with Crippen LogP contribution in [-0.2, 0) is 13.0 Å². The smallest absolute Gasteiger partial charge is 0.191 e. The van der Waals surface area contributed by atoms with Crippen molar-refractivity contribution in [2.24, 2.45) is 0 Å². The topological polar surface area (TPSA) is 66.5 Å². The van der Waals surface area contributed by atoms with E-state index in [0.29, 0.717) is 6.04 Å². The van der Waals surface area contributed by atoms with Crippen LogP contribution in [-0.4, -0.2) is 32.1 Å². The molecule has 1 aromatic rings. The zero-order valence-electron chi connectivity index (χ0n) is 12.6. The first-order chi connectivity index (χ1) is 10.2. The Bertz CT molecular complexity index is 531. The van der Waals surface area contributed by atoms with Crippen molar-refractivity contribution in [3.8, 4) is 6.07 Å². The standard InChI is InChI=1S/C15H23N5S/c1-15(11-16,17-12-6-7-12)8-10-21-14-19-18-13-5-3-2-4-9-20(13)14/h12,17H,2-10H2,1H3. The highest BCUT2D eigenvalue weighted by Gasteiger charge is 2.32. The normalized spacial score (nSPS) is 21.1. The lowest BCUT2D eigenvalue weighted by atomic mass is 10.0. The van der Waals surface area contributed by atoms with Gasteiger partial charge >= 0.3 is 0 Å². The van der Waals surface area contributed by atoms with Gasteiger partial charge in [-0.25, -0.2) is 0 Å². The summed E-state index contributed by atoms with van der Waals surface area (Å²) >= 11 is 1.74. The molecule has 1 N–H and O–H groups in total. The second-order valence-electron chi connectivity index (χ2n) is 6.32. The summed E-state index contributed by atoms with van der Waals surface area (Å²) in [7, 11) is 0. The van der Waals surface area contributed by atoms with E-state index in [4.69, 9.17) is 0 Å². The van der Waals surface area contributed by atoms with Gasteiger partial charge in [-0.05, 0) is 39.0 Å². The number of hydrogen-bond acceptors (Lipinski definition) is 5. The van der Waals surface area contributed by atoms with Gasteiger partial charge in [0.15, 0.2) is 5.16 Å². The third kappa shape index (κ3) is 3.78. The fourth-order valence-electron chi connectivity index (χ4n) is 2.75. The lowest BCUT2D eigenvalue weighted by molar-refractivity contribution is 0.433. The fourth-order valence-corrected chi connectivity index (χ4v) is 3.89. The van der Waals surface area contributed by atoms with Crippen LogP contribution in [0.5, 0.6) is 0 Å². The van der Waals surface area contributed by atoms with Crippen LogP contribution in [0.1, 0.15) is 51.3 Å². The molecular weight excluding hydrogens is 282 g/mol. The van der Waals surface area contributed by atoms with Crippen molar-refractivity contribution in [3.63, 3.8) is 0 Å². The van der Waals surface area contributed by atoms with Gasteiger partial charge in [0.25, 0.3) is 0 Å². The zero-order chi connectivity index (χ0) is 14.7. The fraction of sp³-hybridized carbons (Fsp3) is 0.800. The van der Waals surface area contributed by atoms with Gasteiger partial charge in [0, 0.05) is 24.8 Å². The number of rotatable bonds is 6. The summed E-state index contributed by atoms with van der Waals surface area (Å²) in [4.78, 5) is 0. The van der Waals surface area contributed by atoms with Crippen LogP contribution in [0.3, 0.4) is 0 Å². The number of hydrogen-bond donors (Lipinski definition) is 1. The molecule has 1 aromatic heterocycles. The van der Waals surface area contributed by atoms with E-state index in [0.717, 1.165) is 36.1 Å². The van der Waals surface area contributed by atoms with Gasteiger partial charge in [-0.15, -0.1) is 10.2 Å². The Hall–Kier alpha value is -1.06. The molecule has 1 atom stereocenters. The predicted molar refractivity (Wildman–Crippen MR) is 83.1 cm³/mol. The molecule has 1 saturated carbocycles. The van der Waals surface area contributed by atoms with Gasteiger partial charge < -0.3 is 4.57 Å². The highest BCUT2D eigenvalue weighted by molar-refractivity contribution is 7.99. The number of thioether (sulfide) groups is 1. The van der Waals surface area contributed by atoms with Crippen LogP contribution in [0.4, 0.5) is 0 Å². The Balaban J connectivity index is 1.55. The maximum atomic E-state index is 9.39. The van der Waals surface area contributed by atoms with Crippen LogP contribution in [0.2, 0.25) is 0 Å². The molecule has 0 bridgehead atoms. The minimum Gasteiger partial charge on any atom is -0.306 e. The van der Waals surface area contributed by atoms with Gasteiger partial charge in [-0.3, -0.25) is 5.32 Å². The summed E-state index contributed by atoms with van der Waals surface area (Å²) in [6, 6.07) is 2.99. The Morgan fingerprint density at radius 3 is 3.00 bits per heavy atom. The highest BCUT2D eigenvalue weighted by Crippen LogP contribution is 2.27. The summed E-state index contributed by atoms with van der Waals surface area (Å²) in [5.74, 6) is 2.04. The van der Waals surface area contributed by atoms with Crippen molar-refractivity contribution >= 4 is 11.8 Å². The van der Waals surface area contributed by atoms with Crippen molar-refractivity contribution in [1.82, 2.24) is 20.1 Å². The minimum absolute atomic E-state index is 0.407. The average Bonchev–Trinajstić information content (AvgIpc) is 3.25. The van der Waals surface area contributed by atoms with Gasteiger partial charge in [-0.2, -0.15) is 5.26 Å². The number of aromatic nitrogens is 3. The second kappa shape index (κ2) is 6.37. The number of fused-ring (bicyclic) bond motifs is 1. The summed E-state index contributed by atoms with van der Waals surface area (Å²) < 4.78 is 2.27. The largest absolute Gasteiger partial charge is 0.306 e. The van der Waals surface area contributed by atoms with Crippen LogP contribution in [0.15, 0.2) is 5.16 Å².